The summed E-state index contributed by atoms with van der Waals surface area (Å²) in [5.74, 6) is 0. The lowest BCUT2D eigenvalue weighted by Gasteiger charge is -2.06. The van der Waals surface area contributed by atoms with Gasteiger partial charge in [0.15, 0.2) is 17.6 Å². The standard InChI is InChI=1S/C9H4ClF3N2O/c10-5-2-1-3-15-7(9(11,12)13)6(4-16)14-8(5)15/h1-4H. The van der Waals surface area contributed by atoms with Crippen molar-refractivity contribution in [3.63, 3.8) is 0 Å². The number of carbonyl (C=O) groups excluding carboxylic acids is 1. The second-order valence-corrected chi connectivity index (χ2v) is 3.42. The third-order valence-corrected chi connectivity index (χ3v) is 2.30. The first-order valence-corrected chi connectivity index (χ1v) is 4.52. The fraction of sp³-hybridized carbons (Fsp3) is 0.111. The van der Waals surface area contributed by atoms with Crippen molar-refractivity contribution in [3.05, 3.63) is 34.7 Å². The molecule has 0 fully saturated rings. The predicted molar refractivity (Wildman–Crippen MR) is 50.6 cm³/mol. The second-order valence-electron chi connectivity index (χ2n) is 3.01. The molecule has 0 aliphatic carbocycles. The minimum absolute atomic E-state index is 0.0566. The number of rotatable bonds is 1. The molecule has 0 amide bonds. The molecule has 0 bridgehead atoms. The normalized spacial score (nSPS) is 12.0. The van der Waals surface area contributed by atoms with Crippen molar-refractivity contribution in [3.8, 4) is 0 Å². The molecule has 0 saturated carbocycles. The Kier molecular flexibility index (Phi) is 2.38. The Morgan fingerprint density at radius 3 is 2.69 bits per heavy atom. The number of aromatic nitrogens is 2. The van der Waals surface area contributed by atoms with Crippen molar-refractivity contribution >= 4 is 23.5 Å². The van der Waals surface area contributed by atoms with Gasteiger partial charge in [0.25, 0.3) is 0 Å². The molecule has 7 heteroatoms. The van der Waals surface area contributed by atoms with Crippen LogP contribution in [0.3, 0.4) is 0 Å². The average molecular weight is 249 g/mol. The van der Waals surface area contributed by atoms with Gasteiger partial charge in [0.05, 0.1) is 5.02 Å². The summed E-state index contributed by atoms with van der Waals surface area (Å²) in [5.41, 5.74) is -1.86. The van der Waals surface area contributed by atoms with Gasteiger partial charge in [0, 0.05) is 6.20 Å². The number of halogens is 4. The SMILES string of the molecule is O=Cc1nc2c(Cl)cccn2c1C(F)(F)F. The minimum Gasteiger partial charge on any atom is -0.296 e. The molecule has 0 saturated heterocycles. The molecule has 2 aromatic heterocycles. The van der Waals surface area contributed by atoms with Gasteiger partial charge in [0.1, 0.15) is 5.69 Å². The third kappa shape index (κ3) is 1.55. The van der Waals surface area contributed by atoms with E-state index in [1.807, 2.05) is 0 Å². The van der Waals surface area contributed by atoms with Gasteiger partial charge in [0.2, 0.25) is 0 Å². The van der Waals surface area contributed by atoms with E-state index in [9.17, 15) is 18.0 Å². The summed E-state index contributed by atoms with van der Waals surface area (Å²) in [7, 11) is 0. The van der Waals surface area contributed by atoms with Crippen LogP contribution >= 0.6 is 11.6 Å². The highest BCUT2D eigenvalue weighted by atomic mass is 35.5. The molecule has 84 valence electrons. The van der Waals surface area contributed by atoms with Crippen molar-refractivity contribution in [1.82, 2.24) is 9.38 Å². The fourth-order valence-electron chi connectivity index (χ4n) is 1.42. The summed E-state index contributed by atoms with van der Waals surface area (Å²) < 4.78 is 38.8. The highest BCUT2D eigenvalue weighted by Crippen LogP contribution is 2.33. The molecule has 2 heterocycles. The molecule has 16 heavy (non-hydrogen) atoms. The van der Waals surface area contributed by atoms with Gasteiger partial charge in [-0.3, -0.25) is 9.20 Å². The van der Waals surface area contributed by atoms with Crippen LogP contribution in [-0.2, 0) is 6.18 Å². The number of hydrogen-bond donors (Lipinski definition) is 0. The van der Waals surface area contributed by atoms with Crippen LogP contribution in [0, 0.1) is 0 Å². The maximum absolute atomic E-state index is 12.7. The van der Waals surface area contributed by atoms with E-state index in [1.165, 1.54) is 12.1 Å². The van der Waals surface area contributed by atoms with Crippen molar-refractivity contribution < 1.29 is 18.0 Å². The Balaban J connectivity index is 2.90. The van der Waals surface area contributed by atoms with Gasteiger partial charge < -0.3 is 0 Å². The lowest BCUT2D eigenvalue weighted by atomic mass is 10.3. The second kappa shape index (κ2) is 3.48. The number of pyridine rings is 1. The number of nitrogens with zero attached hydrogens (tertiary/aromatic N) is 2. The lowest BCUT2D eigenvalue weighted by Crippen LogP contribution is -2.11. The first-order chi connectivity index (χ1) is 7.45. The summed E-state index contributed by atoms with van der Waals surface area (Å²) in [6.07, 6.45) is -3.43. The van der Waals surface area contributed by atoms with Crippen LogP contribution in [0.1, 0.15) is 16.2 Å². The highest BCUT2D eigenvalue weighted by molar-refractivity contribution is 6.33. The molecule has 0 spiro atoms. The predicted octanol–water partition coefficient (Wildman–Crippen LogP) is 2.82. The van der Waals surface area contributed by atoms with E-state index in [4.69, 9.17) is 11.6 Å². The Morgan fingerprint density at radius 2 is 2.12 bits per heavy atom. The van der Waals surface area contributed by atoms with E-state index >= 15 is 0 Å². The summed E-state index contributed by atoms with van der Waals surface area (Å²) in [5, 5.41) is 0.0566. The number of alkyl halides is 3. The highest BCUT2D eigenvalue weighted by Gasteiger charge is 2.38. The van der Waals surface area contributed by atoms with Crippen LogP contribution in [0.2, 0.25) is 5.02 Å². The van der Waals surface area contributed by atoms with E-state index in [2.05, 4.69) is 4.98 Å². The summed E-state index contributed by atoms with van der Waals surface area (Å²) in [4.78, 5) is 14.1. The number of aldehydes is 1. The van der Waals surface area contributed by atoms with Crippen LogP contribution in [0.4, 0.5) is 13.2 Å². The average Bonchev–Trinajstić information content (AvgIpc) is 2.57. The topological polar surface area (TPSA) is 34.4 Å². The van der Waals surface area contributed by atoms with Gasteiger partial charge in [-0.2, -0.15) is 13.2 Å². The van der Waals surface area contributed by atoms with Gasteiger partial charge in [-0.05, 0) is 12.1 Å². The zero-order valence-electron chi connectivity index (χ0n) is 7.62. The molecule has 2 aromatic rings. The first-order valence-electron chi connectivity index (χ1n) is 4.14. The number of carbonyl (C=O) groups is 1. The number of fused-ring (bicyclic) bond motifs is 1. The van der Waals surface area contributed by atoms with Crippen molar-refractivity contribution in [1.29, 1.82) is 0 Å². The van der Waals surface area contributed by atoms with Gasteiger partial charge >= 0.3 is 6.18 Å². The third-order valence-electron chi connectivity index (χ3n) is 2.01. The van der Waals surface area contributed by atoms with E-state index < -0.39 is 17.6 Å². The molecular weight excluding hydrogens is 245 g/mol. The van der Waals surface area contributed by atoms with E-state index in [0.29, 0.717) is 0 Å². The maximum Gasteiger partial charge on any atom is 0.434 e. The lowest BCUT2D eigenvalue weighted by molar-refractivity contribution is -0.142. The van der Waals surface area contributed by atoms with E-state index in [1.54, 1.807) is 0 Å². The molecule has 0 aromatic carbocycles. The Hall–Kier alpha value is -1.56. The van der Waals surface area contributed by atoms with E-state index in [0.717, 1.165) is 10.6 Å². The van der Waals surface area contributed by atoms with Gasteiger partial charge in [-0.15, -0.1) is 0 Å². The quantitative estimate of drug-likeness (QED) is 0.728. The van der Waals surface area contributed by atoms with Crippen LogP contribution in [0.5, 0.6) is 0 Å². The number of hydrogen-bond acceptors (Lipinski definition) is 2. The summed E-state index contributed by atoms with van der Waals surface area (Å²) >= 11 is 5.68. The molecule has 0 unspecified atom stereocenters. The Bertz CT molecular complexity index is 562. The fourth-order valence-corrected chi connectivity index (χ4v) is 1.62. The smallest absolute Gasteiger partial charge is 0.296 e. The largest absolute Gasteiger partial charge is 0.434 e. The molecule has 0 aliphatic heterocycles. The zero-order valence-corrected chi connectivity index (χ0v) is 8.38. The maximum atomic E-state index is 12.7. The van der Waals surface area contributed by atoms with E-state index in [-0.39, 0.29) is 17.0 Å². The molecule has 2 rings (SSSR count). The van der Waals surface area contributed by atoms with Crippen LogP contribution in [0.15, 0.2) is 18.3 Å². The molecular formula is C9H4ClF3N2O. The molecule has 0 N–H and O–H groups in total. The first kappa shape index (κ1) is 10.9. The Labute approximate surface area is 92.5 Å². The minimum atomic E-state index is -4.65. The van der Waals surface area contributed by atoms with Crippen molar-refractivity contribution in [2.75, 3.05) is 0 Å². The molecule has 0 atom stereocenters. The molecule has 0 aliphatic rings. The summed E-state index contributed by atoms with van der Waals surface area (Å²) in [6, 6.07) is 2.75. The van der Waals surface area contributed by atoms with Crippen LogP contribution in [-0.4, -0.2) is 15.7 Å². The molecule has 0 radical (unpaired) electrons. The Morgan fingerprint density at radius 1 is 1.44 bits per heavy atom. The number of imidazole rings is 1. The van der Waals surface area contributed by atoms with Crippen LogP contribution in [0.25, 0.3) is 5.65 Å². The zero-order chi connectivity index (χ0) is 11.9. The van der Waals surface area contributed by atoms with Crippen molar-refractivity contribution in [2.24, 2.45) is 0 Å². The van der Waals surface area contributed by atoms with Gasteiger partial charge in [-0.25, -0.2) is 4.98 Å². The summed E-state index contributed by atoms with van der Waals surface area (Å²) in [6.45, 7) is 0. The molecule has 3 nitrogen and oxygen atoms in total. The monoisotopic (exact) mass is 248 g/mol. The van der Waals surface area contributed by atoms with Crippen LogP contribution < -0.4 is 0 Å². The van der Waals surface area contributed by atoms with Gasteiger partial charge in [-0.1, -0.05) is 11.6 Å². The van der Waals surface area contributed by atoms with Crippen molar-refractivity contribution in [2.45, 2.75) is 6.18 Å².